The van der Waals surface area contributed by atoms with Crippen molar-refractivity contribution in [1.82, 2.24) is 46.1 Å². The van der Waals surface area contributed by atoms with E-state index in [1.165, 1.54) is 11.5 Å². The highest BCUT2D eigenvalue weighted by molar-refractivity contribution is 5.90. The van der Waals surface area contributed by atoms with E-state index in [2.05, 4.69) is 41.5 Å². The molecule has 5 heterocycles. The molecule has 0 aromatic carbocycles. The van der Waals surface area contributed by atoms with Crippen LogP contribution in [0.25, 0.3) is 11.2 Å². The van der Waals surface area contributed by atoms with Gasteiger partial charge in [0.05, 0.1) is 25.6 Å². The standard InChI is InChI=1S/C36H56N10O19/c1-13-23(52)27(56)29(58)35(63-13)62-10-19(50)38-6-4-3-5-15(43-18(49)8-39-20(51)11-61-34-21(42-14(2)48)26(55)25(54)17(9-47)65-34)31(59)40-7-16-24(53)28(57)33(64-16)46-12-41-22-30(46)44-36(37)45-32(22)60/h12-13,15-17,21,23-29,33-35,47,52-58H,3-11H2,1-2H3,(H,38,50)(H,39,51)(H,40,59)(H,42,48)(H,43,49)(H3,37,44,45,60)/t13-,15-,16+,17+,21+,23+,24+,25+,26+,27+,28+,29-,33+,34+,35-/m0/s1. The topological polar surface area (TPSA) is 443 Å². The van der Waals surface area contributed by atoms with E-state index < -0.39 is 160 Å². The summed E-state index contributed by atoms with van der Waals surface area (Å²) in [6.45, 7) is -0.524. The maximum absolute atomic E-state index is 13.5. The first-order valence-corrected chi connectivity index (χ1v) is 20.5. The monoisotopic (exact) mass is 932 g/mol. The van der Waals surface area contributed by atoms with Gasteiger partial charge in [-0.05, 0) is 26.2 Å². The molecule has 3 aliphatic heterocycles. The summed E-state index contributed by atoms with van der Waals surface area (Å²) in [5, 5.41) is 93.9. The number of rotatable bonds is 20. The molecule has 65 heavy (non-hydrogen) atoms. The van der Waals surface area contributed by atoms with Crippen molar-refractivity contribution in [2.75, 3.05) is 45.2 Å². The molecule has 29 heteroatoms. The Morgan fingerprint density at radius 1 is 0.831 bits per heavy atom. The van der Waals surface area contributed by atoms with Crippen LogP contribution >= 0.6 is 0 Å². The number of nitrogens with one attached hydrogen (secondary N) is 6. The van der Waals surface area contributed by atoms with E-state index in [0.29, 0.717) is 0 Å². The van der Waals surface area contributed by atoms with Gasteiger partial charge in [0, 0.05) is 20.0 Å². The van der Waals surface area contributed by atoms with Crippen LogP contribution in [0.3, 0.4) is 0 Å². The molecule has 29 nitrogen and oxygen atoms in total. The number of nitrogens with two attached hydrogens (primary N) is 1. The molecule has 3 saturated heterocycles. The Morgan fingerprint density at radius 2 is 1.51 bits per heavy atom. The Balaban J connectivity index is 1.14. The van der Waals surface area contributed by atoms with E-state index in [1.807, 2.05) is 0 Å². The number of hydrogen-bond donors (Lipinski definition) is 15. The number of aliphatic hydroxyl groups excluding tert-OH is 8. The Labute approximate surface area is 367 Å². The van der Waals surface area contributed by atoms with Gasteiger partial charge in [0.1, 0.15) is 80.2 Å². The van der Waals surface area contributed by atoms with E-state index in [1.54, 1.807) is 0 Å². The number of carbonyl (C=O) groups is 5. The minimum atomic E-state index is -1.64. The maximum Gasteiger partial charge on any atom is 0.280 e. The fourth-order valence-electron chi connectivity index (χ4n) is 7.16. The van der Waals surface area contributed by atoms with Crippen LogP contribution in [0, 0.1) is 0 Å². The average molecular weight is 933 g/mol. The number of amides is 5. The summed E-state index contributed by atoms with van der Waals surface area (Å²) in [5.74, 6) is -4.00. The molecule has 0 unspecified atom stereocenters. The first kappa shape index (κ1) is 51.0. The number of H-pyrrole nitrogens is 1. The van der Waals surface area contributed by atoms with Crippen molar-refractivity contribution in [3.63, 3.8) is 0 Å². The fourth-order valence-corrected chi connectivity index (χ4v) is 7.16. The lowest BCUT2D eigenvalue weighted by Crippen LogP contribution is -2.64. The predicted molar refractivity (Wildman–Crippen MR) is 213 cm³/mol. The minimum absolute atomic E-state index is 0.0348. The molecule has 0 aliphatic carbocycles. The number of anilines is 1. The summed E-state index contributed by atoms with van der Waals surface area (Å²) >= 11 is 0. The van der Waals surface area contributed by atoms with Crippen molar-refractivity contribution >= 4 is 46.6 Å². The molecule has 0 spiro atoms. The molecule has 0 saturated carbocycles. The van der Waals surface area contributed by atoms with Crippen molar-refractivity contribution in [3.8, 4) is 0 Å². The molecular formula is C36H56N10O19. The largest absolute Gasteiger partial charge is 0.394 e. The second-order valence-electron chi connectivity index (χ2n) is 15.5. The lowest BCUT2D eigenvalue weighted by Gasteiger charge is -2.42. The highest BCUT2D eigenvalue weighted by atomic mass is 16.7. The van der Waals surface area contributed by atoms with Crippen LogP contribution in [0.15, 0.2) is 11.1 Å². The number of hydrogen-bond acceptors (Lipinski definition) is 22. The van der Waals surface area contributed by atoms with E-state index in [0.717, 1.165) is 13.3 Å². The number of aromatic nitrogens is 4. The van der Waals surface area contributed by atoms with Gasteiger partial charge in [0.25, 0.3) is 5.56 Å². The van der Waals surface area contributed by atoms with Gasteiger partial charge < -0.3 is 96.9 Å². The second-order valence-corrected chi connectivity index (χ2v) is 15.5. The molecule has 15 atom stereocenters. The summed E-state index contributed by atoms with van der Waals surface area (Å²) < 4.78 is 28.4. The molecule has 16 N–H and O–H groups in total. The van der Waals surface area contributed by atoms with Crippen molar-refractivity contribution in [2.24, 2.45) is 0 Å². The first-order valence-electron chi connectivity index (χ1n) is 20.5. The maximum atomic E-state index is 13.5. The van der Waals surface area contributed by atoms with Gasteiger partial charge in [-0.1, -0.05) is 0 Å². The molecular weight excluding hydrogens is 876 g/mol. The Hall–Kier alpha value is -5.02. The average Bonchev–Trinajstić information content (AvgIpc) is 3.81. The molecule has 0 radical (unpaired) electrons. The number of aliphatic hydroxyl groups is 8. The number of nitrogen functional groups attached to an aromatic ring is 1. The van der Waals surface area contributed by atoms with Gasteiger partial charge >= 0.3 is 0 Å². The Kier molecular flexibility index (Phi) is 18.0. The summed E-state index contributed by atoms with van der Waals surface area (Å²) in [6.07, 6.45) is -17.0. The minimum Gasteiger partial charge on any atom is -0.394 e. The lowest BCUT2D eigenvalue weighted by molar-refractivity contribution is -0.291. The van der Waals surface area contributed by atoms with Crippen LogP contribution in [0.1, 0.15) is 39.3 Å². The summed E-state index contributed by atoms with van der Waals surface area (Å²) in [4.78, 5) is 85.9. The summed E-state index contributed by atoms with van der Waals surface area (Å²) in [5.41, 5.74) is 4.84. The van der Waals surface area contributed by atoms with Crippen molar-refractivity contribution in [1.29, 1.82) is 0 Å². The highest BCUT2D eigenvalue weighted by Crippen LogP contribution is 2.31. The quantitative estimate of drug-likeness (QED) is 0.0548. The third-order valence-corrected chi connectivity index (χ3v) is 10.7. The Bertz CT molecular complexity index is 2030. The van der Waals surface area contributed by atoms with Gasteiger partial charge in [0.2, 0.25) is 35.5 Å². The van der Waals surface area contributed by atoms with E-state index in [4.69, 9.17) is 29.4 Å². The first-order chi connectivity index (χ1) is 30.8. The van der Waals surface area contributed by atoms with Gasteiger partial charge in [-0.3, -0.25) is 38.3 Å². The second kappa shape index (κ2) is 22.9. The van der Waals surface area contributed by atoms with E-state index in [9.17, 15) is 69.6 Å². The molecule has 2 aromatic heterocycles. The number of aromatic amines is 1. The molecule has 3 aliphatic rings. The third-order valence-electron chi connectivity index (χ3n) is 10.7. The molecule has 0 bridgehead atoms. The van der Waals surface area contributed by atoms with Crippen molar-refractivity contribution in [2.45, 2.75) is 125 Å². The van der Waals surface area contributed by atoms with Gasteiger partial charge in [-0.25, -0.2) is 4.98 Å². The van der Waals surface area contributed by atoms with Crippen LogP contribution in [-0.2, 0) is 47.7 Å². The Morgan fingerprint density at radius 3 is 2.20 bits per heavy atom. The predicted octanol–water partition coefficient (Wildman–Crippen LogP) is -8.87. The van der Waals surface area contributed by atoms with E-state index in [-0.39, 0.29) is 42.9 Å². The lowest BCUT2D eigenvalue weighted by atomic mass is 9.97. The number of nitrogens with zero attached hydrogens (tertiary/aromatic N) is 3. The van der Waals surface area contributed by atoms with Crippen LogP contribution in [0.5, 0.6) is 0 Å². The zero-order valence-electron chi connectivity index (χ0n) is 35.1. The molecule has 5 amide bonds. The van der Waals surface area contributed by atoms with Gasteiger partial charge in [-0.2, -0.15) is 4.98 Å². The summed E-state index contributed by atoms with van der Waals surface area (Å²) in [6, 6.07) is -2.61. The smallest absolute Gasteiger partial charge is 0.280 e. The zero-order chi connectivity index (χ0) is 47.7. The number of carbonyl (C=O) groups excluding carboxylic acids is 5. The zero-order valence-corrected chi connectivity index (χ0v) is 35.1. The van der Waals surface area contributed by atoms with Crippen LogP contribution in [-0.4, -0.2) is 215 Å². The number of fused-ring (bicyclic) bond motifs is 1. The normalized spacial score (nSPS) is 31.8. The van der Waals surface area contributed by atoms with Gasteiger partial charge in [0.15, 0.2) is 30.0 Å². The number of ether oxygens (including phenoxy) is 5. The molecule has 3 fully saturated rings. The van der Waals surface area contributed by atoms with Crippen LogP contribution in [0.2, 0.25) is 0 Å². The number of imidazole rings is 1. The fraction of sp³-hybridized carbons (Fsp3) is 0.722. The van der Waals surface area contributed by atoms with Crippen molar-refractivity contribution < 1.29 is 88.5 Å². The van der Waals surface area contributed by atoms with Crippen molar-refractivity contribution in [3.05, 3.63) is 16.7 Å². The van der Waals surface area contributed by atoms with Gasteiger partial charge in [-0.15, -0.1) is 0 Å². The number of unbranched alkanes of at least 4 members (excludes halogenated alkanes) is 1. The molecule has 364 valence electrons. The summed E-state index contributed by atoms with van der Waals surface area (Å²) in [7, 11) is 0. The van der Waals surface area contributed by atoms with Crippen LogP contribution in [0.4, 0.5) is 5.95 Å². The van der Waals surface area contributed by atoms with Crippen LogP contribution < -0.4 is 37.9 Å². The molecule has 5 rings (SSSR count). The highest BCUT2D eigenvalue weighted by Gasteiger charge is 2.47. The SMILES string of the molecule is CC(=O)N[C@H]1[C@H](OCC(=O)NCC(=O)N[C@@H](CCCCNC(=O)CO[C@H]2O[C@@H](C)[C@@H](O)[C@@H](O)[C@@H]2O)C(=O)NC[C@H]2O[C@@H](n3cnc4c(=O)[nH]c(N)nc43)[C@H](O)[C@@H]2O)O[C@H](CO)[C@@H](O)[C@@H]1O. The molecule has 2 aromatic rings. The third kappa shape index (κ3) is 12.9. The van der Waals surface area contributed by atoms with E-state index >= 15 is 0 Å².